The molecule has 2 heterocycles. The Morgan fingerprint density at radius 2 is 2.24 bits per heavy atom. The smallest absolute Gasteiger partial charge is 0.324 e. The first-order valence-corrected chi connectivity index (χ1v) is 8.68. The highest BCUT2D eigenvalue weighted by Crippen LogP contribution is 2.16. The van der Waals surface area contributed by atoms with Crippen molar-refractivity contribution in [2.24, 2.45) is 0 Å². The van der Waals surface area contributed by atoms with Crippen LogP contribution in [0.1, 0.15) is 43.3 Å². The van der Waals surface area contributed by atoms with Crippen molar-refractivity contribution in [3.63, 3.8) is 0 Å². The summed E-state index contributed by atoms with van der Waals surface area (Å²) in [5.74, 6) is 0.359. The zero-order chi connectivity index (χ0) is 15.2. The zero-order valence-electron chi connectivity index (χ0n) is 12.1. The lowest BCUT2D eigenvalue weighted by atomic mass is 10.1. The Bertz CT molecular complexity index is 506. The number of aromatic nitrogens is 1. The Morgan fingerprint density at radius 1 is 1.43 bits per heavy atom. The quantitative estimate of drug-likeness (QED) is 0.453. The number of hydrogen-bond acceptors (Lipinski definition) is 4. The first-order chi connectivity index (χ1) is 10.2. The van der Waals surface area contributed by atoms with Crippen LogP contribution in [0.3, 0.4) is 0 Å². The number of alkyl halides is 1. The summed E-state index contributed by atoms with van der Waals surface area (Å²) >= 11 is 7.32. The molecule has 2 rings (SSSR count). The summed E-state index contributed by atoms with van der Waals surface area (Å²) in [5.41, 5.74) is 0.910. The number of nitrogens with zero attached hydrogens (tertiary/aromatic N) is 2. The summed E-state index contributed by atoms with van der Waals surface area (Å²) in [6.45, 7) is 2.49. The van der Waals surface area contributed by atoms with Crippen LogP contribution in [0.4, 0.5) is 4.79 Å². The maximum absolute atomic E-state index is 12.0. The molecule has 5 nitrogen and oxygen atoms in total. The molecule has 1 fully saturated rings. The van der Waals surface area contributed by atoms with Gasteiger partial charge in [-0.2, -0.15) is 0 Å². The van der Waals surface area contributed by atoms with Gasteiger partial charge in [0, 0.05) is 11.9 Å². The molecule has 0 radical (unpaired) electrons. The molecule has 116 valence electrons. The zero-order valence-corrected chi connectivity index (χ0v) is 13.7. The second-order valence-corrected chi connectivity index (χ2v) is 6.31. The van der Waals surface area contributed by atoms with Crippen molar-refractivity contribution < 1.29 is 9.59 Å². The van der Waals surface area contributed by atoms with Crippen LogP contribution in [0.5, 0.6) is 0 Å². The number of halogens is 1. The third kappa shape index (κ3) is 4.17. The van der Waals surface area contributed by atoms with Gasteiger partial charge in [0.15, 0.2) is 0 Å². The average Bonchev–Trinajstić information content (AvgIpc) is 3.03. The minimum absolute atomic E-state index is 0.0828. The normalized spacial score (nSPS) is 18.4. The molecule has 0 aliphatic carbocycles. The van der Waals surface area contributed by atoms with Crippen molar-refractivity contribution in [1.29, 1.82) is 0 Å². The van der Waals surface area contributed by atoms with E-state index in [1.165, 1.54) is 4.90 Å². The molecular weight excluding hydrogens is 310 g/mol. The molecule has 0 aromatic carbocycles. The number of thiazole rings is 1. The summed E-state index contributed by atoms with van der Waals surface area (Å²) in [7, 11) is 0. The lowest BCUT2D eigenvalue weighted by molar-refractivity contribution is -0.127. The molecule has 1 unspecified atom stereocenters. The molecule has 1 aliphatic rings. The fraction of sp³-hybridized carbons (Fsp3) is 0.643. The molecule has 1 atom stereocenters. The minimum atomic E-state index is -0.326. The van der Waals surface area contributed by atoms with Crippen molar-refractivity contribution in [3.8, 4) is 0 Å². The summed E-state index contributed by atoms with van der Waals surface area (Å²) < 4.78 is 0. The molecule has 1 aromatic heterocycles. The second-order valence-electron chi connectivity index (χ2n) is 5.10. The predicted molar refractivity (Wildman–Crippen MR) is 83.5 cm³/mol. The maximum atomic E-state index is 12.0. The van der Waals surface area contributed by atoms with Crippen molar-refractivity contribution in [2.75, 3.05) is 6.54 Å². The first kappa shape index (κ1) is 16.2. The molecule has 1 N–H and O–H groups in total. The third-order valence-electron chi connectivity index (χ3n) is 3.44. The summed E-state index contributed by atoms with van der Waals surface area (Å²) in [4.78, 5) is 29.5. The largest absolute Gasteiger partial charge is 0.326 e. The monoisotopic (exact) mass is 329 g/mol. The Labute approximate surface area is 133 Å². The summed E-state index contributed by atoms with van der Waals surface area (Å²) in [6.07, 6.45) is 4.17. The number of hydrogen-bond donors (Lipinski definition) is 1. The van der Waals surface area contributed by atoms with Gasteiger partial charge in [-0.25, -0.2) is 9.78 Å². The molecule has 1 aliphatic heterocycles. The van der Waals surface area contributed by atoms with E-state index in [0.29, 0.717) is 18.8 Å². The van der Waals surface area contributed by atoms with E-state index in [2.05, 4.69) is 10.3 Å². The Kier molecular flexibility index (Phi) is 5.99. The number of amides is 3. The Balaban J connectivity index is 1.73. The molecule has 0 bridgehead atoms. The average molecular weight is 330 g/mol. The van der Waals surface area contributed by atoms with Crippen molar-refractivity contribution >= 4 is 34.9 Å². The van der Waals surface area contributed by atoms with Gasteiger partial charge < -0.3 is 5.32 Å². The van der Waals surface area contributed by atoms with Crippen molar-refractivity contribution in [3.05, 3.63) is 16.1 Å². The summed E-state index contributed by atoms with van der Waals surface area (Å²) in [5, 5.41) is 5.77. The molecule has 0 spiro atoms. The number of imide groups is 1. The predicted octanol–water partition coefficient (Wildman–Crippen LogP) is 2.93. The fourth-order valence-corrected chi connectivity index (χ4v) is 3.41. The number of rotatable bonds is 8. The van der Waals surface area contributed by atoms with Gasteiger partial charge in [-0.3, -0.25) is 9.69 Å². The third-order valence-corrected chi connectivity index (χ3v) is 4.67. The molecule has 7 heteroatoms. The van der Waals surface area contributed by atoms with Crippen molar-refractivity contribution in [1.82, 2.24) is 15.2 Å². The van der Waals surface area contributed by atoms with Crippen LogP contribution in [0.15, 0.2) is 5.38 Å². The number of urea groups is 1. The molecular formula is C14H20ClN3O2S. The van der Waals surface area contributed by atoms with Crippen LogP contribution in [-0.4, -0.2) is 34.4 Å². The van der Waals surface area contributed by atoms with E-state index >= 15 is 0 Å². The fourth-order valence-electron chi connectivity index (χ4n) is 2.34. The number of aryl methyl sites for hydroxylation is 1. The highest BCUT2D eigenvalue weighted by molar-refractivity contribution is 7.09. The topological polar surface area (TPSA) is 62.3 Å². The highest BCUT2D eigenvalue weighted by Gasteiger charge is 2.36. The molecule has 1 saturated heterocycles. The van der Waals surface area contributed by atoms with E-state index in [9.17, 15) is 9.59 Å². The van der Waals surface area contributed by atoms with E-state index < -0.39 is 0 Å². The van der Waals surface area contributed by atoms with Gasteiger partial charge in [0.05, 0.1) is 16.6 Å². The Hall–Kier alpha value is -1.14. The van der Waals surface area contributed by atoms with Crippen molar-refractivity contribution in [2.45, 2.75) is 50.9 Å². The van der Waals surface area contributed by atoms with E-state index in [1.807, 2.05) is 12.3 Å². The minimum Gasteiger partial charge on any atom is -0.326 e. The first-order valence-electron chi connectivity index (χ1n) is 7.26. The van der Waals surface area contributed by atoms with E-state index in [1.54, 1.807) is 11.3 Å². The number of carbonyl (C=O) groups excluding carboxylic acids is 2. The molecule has 21 heavy (non-hydrogen) atoms. The molecule has 3 amide bonds. The number of carbonyl (C=O) groups is 2. The van der Waals surface area contributed by atoms with Crippen LogP contribution >= 0.6 is 22.9 Å². The van der Waals surface area contributed by atoms with Crippen LogP contribution in [0.2, 0.25) is 0 Å². The van der Waals surface area contributed by atoms with E-state index in [-0.39, 0.29) is 18.0 Å². The molecule has 0 saturated carbocycles. The molecule has 1 aromatic rings. The lowest BCUT2D eigenvalue weighted by Crippen LogP contribution is -2.32. The van der Waals surface area contributed by atoms with E-state index in [4.69, 9.17) is 11.6 Å². The van der Waals surface area contributed by atoms with Gasteiger partial charge >= 0.3 is 6.03 Å². The van der Waals surface area contributed by atoms with Gasteiger partial charge in [0.1, 0.15) is 6.04 Å². The van der Waals surface area contributed by atoms with Gasteiger partial charge in [0.25, 0.3) is 5.91 Å². The maximum Gasteiger partial charge on any atom is 0.324 e. The van der Waals surface area contributed by atoms with Crippen LogP contribution in [0, 0.1) is 0 Å². The van der Waals surface area contributed by atoms with Crippen LogP contribution < -0.4 is 5.32 Å². The second kappa shape index (κ2) is 7.75. The van der Waals surface area contributed by atoms with Gasteiger partial charge in [-0.05, 0) is 25.7 Å². The van der Waals surface area contributed by atoms with E-state index in [0.717, 1.165) is 36.4 Å². The van der Waals surface area contributed by atoms with Crippen LogP contribution in [-0.2, 0) is 17.1 Å². The van der Waals surface area contributed by atoms with Gasteiger partial charge in [-0.1, -0.05) is 13.3 Å². The Morgan fingerprint density at radius 3 is 2.90 bits per heavy atom. The van der Waals surface area contributed by atoms with Gasteiger partial charge in [0.2, 0.25) is 0 Å². The van der Waals surface area contributed by atoms with Gasteiger partial charge in [-0.15, -0.1) is 22.9 Å². The van der Waals surface area contributed by atoms with Crippen LogP contribution in [0.25, 0.3) is 0 Å². The summed E-state index contributed by atoms with van der Waals surface area (Å²) in [6, 6.07) is -0.579. The SMILES string of the molecule is CCCC1NC(=O)N(CCCCc2nc(CCl)cs2)C1=O. The number of unbranched alkanes of at least 4 members (excludes halogenated alkanes) is 1. The lowest BCUT2D eigenvalue weighted by Gasteiger charge is -2.12. The number of nitrogens with one attached hydrogen (secondary N) is 1. The highest BCUT2D eigenvalue weighted by atomic mass is 35.5. The standard InChI is InChI=1S/C14H20ClN3O2S/c1-2-5-11-13(19)18(14(20)17-11)7-4-3-6-12-16-10(8-15)9-21-12/h9,11H,2-8H2,1H3,(H,17,20).